The third kappa shape index (κ3) is 6.37. The summed E-state index contributed by atoms with van der Waals surface area (Å²) in [6.07, 6.45) is 5.78. The number of amides is 2. The molecule has 1 rings (SSSR count). The molecule has 0 aromatic heterocycles. The van der Waals surface area contributed by atoms with Gasteiger partial charge in [-0.05, 0) is 58.8 Å². The highest BCUT2D eigenvalue weighted by Gasteiger charge is 2.20. The summed E-state index contributed by atoms with van der Waals surface area (Å²) in [4.78, 5) is 23.5. The molecular formula is C15H29N3O2. The fourth-order valence-corrected chi connectivity index (χ4v) is 2.60. The van der Waals surface area contributed by atoms with Gasteiger partial charge in [0, 0.05) is 18.5 Å². The predicted octanol–water partition coefficient (Wildman–Crippen LogP) is 1.31. The van der Waals surface area contributed by atoms with E-state index in [1.54, 1.807) is 6.92 Å². The van der Waals surface area contributed by atoms with Crippen LogP contribution in [0.15, 0.2) is 0 Å². The molecule has 1 unspecified atom stereocenters. The zero-order valence-corrected chi connectivity index (χ0v) is 12.9. The molecule has 5 nitrogen and oxygen atoms in total. The van der Waals surface area contributed by atoms with Crippen molar-refractivity contribution in [3.05, 3.63) is 0 Å². The van der Waals surface area contributed by atoms with Crippen LogP contribution in [0.5, 0.6) is 0 Å². The van der Waals surface area contributed by atoms with E-state index >= 15 is 0 Å². The van der Waals surface area contributed by atoms with Crippen molar-refractivity contribution in [1.29, 1.82) is 0 Å². The van der Waals surface area contributed by atoms with Crippen LogP contribution in [-0.4, -0.2) is 29.9 Å². The number of hydrogen-bond donors (Lipinski definition) is 3. The summed E-state index contributed by atoms with van der Waals surface area (Å²) in [5, 5.41) is 5.55. The molecule has 2 amide bonds. The SMILES string of the molecule is CC(C)NC(=O)C(C)NC(=O)CCC1CCC(N)CC1. The Labute approximate surface area is 122 Å². The highest BCUT2D eigenvalue weighted by Crippen LogP contribution is 2.26. The molecule has 1 aliphatic carbocycles. The highest BCUT2D eigenvalue weighted by molar-refractivity contribution is 5.87. The standard InChI is InChI=1S/C15H29N3O2/c1-10(2)17-15(20)11(3)18-14(19)9-6-12-4-7-13(16)8-5-12/h10-13H,4-9,16H2,1-3H3,(H,17,20)(H,18,19). The van der Waals surface area contributed by atoms with E-state index in [0.29, 0.717) is 18.4 Å². The number of rotatable bonds is 6. The summed E-state index contributed by atoms with van der Waals surface area (Å²) in [6, 6.07) is -0.0298. The molecule has 0 spiro atoms. The van der Waals surface area contributed by atoms with E-state index in [0.717, 1.165) is 32.1 Å². The van der Waals surface area contributed by atoms with Gasteiger partial charge in [0.1, 0.15) is 6.04 Å². The van der Waals surface area contributed by atoms with E-state index in [2.05, 4.69) is 10.6 Å². The van der Waals surface area contributed by atoms with Crippen molar-refractivity contribution in [1.82, 2.24) is 10.6 Å². The molecule has 1 fully saturated rings. The van der Waals surface area contributed by atoms with Crippen LogP contribution in [0.3, 0.4) is 0 Å². The van der Waals surface area contributed by atoms with E-state index in [1.165, 1.54) is 0 Å². The van der Waals surface area contributed by atoms with Gasteiger partial charge in [-0.3, -0.25) is 9.59 Å². The normalized spacial score (nSPS) is 24.2. The van der Waals surface area contributed by atoms with E-state index < -0.39 is 6.04 Å². The lowest BCUT2D eigenvalue weighted by atomic mass is 9.84. The van der Waals surface area contributed by atoms with Crippen LogP contribution in [0.25, 0.3) is 0 Å². The maximum atomic E-state index is 11.8. The van der Waals surface area contributed by atoms with Gasteiger partial charge < -0.3 is 16.4 Å². The van der Waals surface area contributed by atoms with Crippen molar-refractivity contribution in [2.45, 2.75) is 77.4 Å². The molecule has 0 saturated heterocycles. The van der Waals surface area contributed by atoms with Crippen molar-refractivity contribution in [3.8, 4) is 0 Å². The van der Waals surface area contributed by atoms with E-state index in [9.17, 15) is 9.59 Å². The molecular weight excluding hydrogens is 254 g/mol. The van der Waals surface area contributed by atoms with Crippen LogP contribution in [0.2, 0.25) is 0 Å². The van der Waals surface area contributed by atoms with Crippen molar-refractivity contribution in [2.24, 2.45) is 11.7 Å². The summed E-state index contributed by atoms with van der Waals surface area (Å²) < 4.78 is 0. The van der Waals surface area contributed by atoms with Gasteiger partial charge in [0.2, 0.25) is 11.8 Å². The van der Waals surface area contributed by atoms with E-state index in [-0.39, 0.29) is 17.9 Å². The molecule has 1 atom stereocenters. The fourth-order valence-electron chi connectivity index (χ4n) is 2.60. The Morgan fingerprint density at radius 3 is 2.25 bits per heavy atom. The Morgan fingerprint density at radius 2 is 1.70 bits per heavy atom. The number of nitrogens with two attached hydrogens (primary N) is 1. The number of hydrogen-bond acceptors (Lipinski definition) is 3. The topological polar surface area (TPSA) is 84.2 Å². The Kier molecular flexibility index (Phi) is 6.99. The average Bonchev–Trinajstić information content (AvgIpc) is 2.37. The lowest BCUT2D eigenvalue weighted by Crippen LogP contribution is -2.46. The number of carbonyl (C=O) groups is 2. The lowest BCUT2D eigenvalue weighted by molar-refractivity contribution is -0.129. The van der Waals surface area contributed by atoms with Crippen LogP contribution in [0.1, 0.15) is 59.3 Å². The minimum Gasteiger partial charge on any atom is -0.352 e. The molecule has 4 N–H and O–H groups in total. The quantitative estimate of drug-likeness (QED) is 0.687. The van der Waals surface area contributed by atoms with E-state index in [1.807, 2.05) is 13.8 Å². The summed E-state index contributed by atoms with van der Waals surface area (Å²) >= 11 is 0. The molecule has 0 bridgehead atoms. The molecule has 5 heteroatoms. The largest absolute Gasteiger partial charge is 0.352 e. The minimum absolute atomic E-state index is 0.0359. The summed E-state index contributed by atoms with van der Waals surface area (Å²) in [6.45, 7) is 5.52. The molecule has 116 valence electrons. The van der Waals surface area contributed by atoms with Crippen LogP contribution in [0.4, 0.5) is 0 Å². The molecule has 1 aliphatic rings. The first kappa shape index (κ1) is 17.0. The van der Waals surface area contributed by atoms with Gasteiger partial charge in [0.15, 0.2) is 0 Å². The number of nitrogens with one attached hydrogen (secondary N) is 2. The second-order valence-electron chi connectivity index (χ2n) is 6.27. The van der Waals surface area contributed by atoms with Gasteiger partial charge >= 0.3 is 0 Å². The molecule has 0 heterocycles. The summed E-state index contributed by atoms with van der Waals surface area (Å²) in [5.41, 5.74) is 5.87. The summed E-state index contributed by atoms with van der Waals surface area (Å²) in [5.74, 6) is 0.448. The van der Waals surface area contributed by atoms with Crippen molar-refractivity contribution in [2.75, 3.05) is 0 Å². The Bertz CT molecular complexity index is 323. The lowest BCUT2D eigenvalue weighted by Gasteiger charge is -2.26. The van der Waals surface area contributed by atoms with Crippen LogP contribution in [-0.2, 0) is 9.59 Å². The molecule has 1 saturated carbocycles. The van der Waals surface area contributed by atoms with Crippen molar-refractivity contribution < 1.29 is 9.59 Å². The van der Waals surface area contributed by atoms with Crippen LogP contribution >= 0.6 is 0 Å². The molecule has 0 radical (unpaired) electrons. The Hall–Kier alpha value is -1.10. The molecule has 0 aromatic rings. The zero-order chi connectivity index (χ0) is 15.1. The van der Waals surface area contributed by atoms with E-state index in [4.69, 9.17) is 5.73 Å². The second-order valence-corrected chi connectivity index (χ2v) is 6.27. The Morgan fingerprint density at radius 1 is 1.10 bits per heavy atom. The van der Waals surface area contributed by atoms with Gasteiger partial charge in [0.25, 0.3) is 0 Å². The highest BCUT2D eigenvalue weighted by atomic mass is 16.2. The van der Waals surface area contributed by atoms with Gasteiger partial charge in [-0.15, -0.1) is 0 Å². The smallest absolute Gasteiger partial charge is 0.242 e. The summed E-state index contributed by atoms with van der Waals surface area (Å²) in [7, 11) is 0. The van der Waals surface area contributed by atoms with Crippen molar-refractivity contribution >= 4 is 11.8 Å². The third-order valence-corrected chi connectivity index (χ3v) is 3.87. The molecule has 0 aromatic carbocycles. The average molecular weight is 283 g/mol. The van der Waals surface area contributed by atoms with Gasteiger partial charge in [-0.2, -0.15) is 0 Å². The first-order valence-corrected chi connectivity index (χ1v) is 7.73. The minimum atomic E-state index is -0.468. The Balaban J connectivity index is 2.21. The number of carbonyl (C=O) groups excluding carboxylic acids is 2. The first-order valence-electron chi connectivity index (χ1n) is 7.73. The van der Waals surface area contributed by atoms with Crippen LogP contribution < -0.4 is 16.4 Å². The van der Waals surface area contributed by atoms with Crippen molar-refractivity contribution in [3.63, 3.8) is 0 Å². The monoisotopic (exact) mass is 283 g/mol. The third-order valence-electron chi connectivity index (χ3n) is 3.87. The zero-order valence-electron chi connectivity index (χ0n) is 12.9. The van der Waals surface area contributed by atoms with Gasteiger partial charge in [0.05, 0.1) is 0 Å². The maximum Gasteiger partial charge on any atom is 0.242 e. The van der Waals surface area contributed by atoms with Gasteiger partial charge in [-0.25, -0.2) is 0 Å². The first-order chi connectivity index (χ1) is 9.38. The predicted molar refractivity (Wildman–Crippen MR) is 80.1 cm³/mol. The fraction of sp³-hybridized carbons (Fsp3) is 0.867. The second kappa shape index (κ2) is 8.25. The molecule has 0 aliphatic heterocycles. The van der Waals surface area contributed by atoms with Gasteiger partial charge in [-0.1, -0.05) is 0 Å². The molecule has 20 heavy (non-hydrogen) atoms. The maximum absolute atomic E-state index is 11.8. The van der Waals surface area contributed by atoms with Crippen LogP contribution in [0, 0.1) is 5.92 Å².